The van der Waals surface area contributed by atoms with Crippen LogP contribution in [0.25, 0.3) is 0 Å². The molecule has 0 saturated carbocycles. The van der Waals surface area contributed by atoms with Gasteiger partial charge in [0.1, 0.15) is 18.7 Å². The third-order valence-electron chi connectivity index (χ3n) is 2.74. The SMILES string of the molecule is CC(C)n1cnnc1SCC(O)COc1cccc(Br)c1. The van der Waals surface area contributed by atoms with Gasteiger partial charge in [0.05, 0.1) is 6.10 Å². The molecule has 1 N–H and O–H groups in total. The Morgan fingerprint density at radius 1 is 1.43 bits per heavy atom. The summed E-state index contributed by atoms with van der Waals surface area (Å²) in [4.78, 5) is 0. The van der Waals surface area contributed by atoms with E-state index >= 15 is 0 Å². The third kappa shape index (κ3) is 5.01. The summed E-state index contributed by atoms with van der Waals surface area (Å²) in [6.07, 6.45) is 1.14. The third-order valence-corrected chi connectivity index (χ3v) is 4.34. The molecule has 0 fully saturated rings. The van der Waals surface area contributed by atoms with Crippen LogP contribution in [0.5, 0.6) is 5.75 Å². The van der Waals surface area contributed by atoms with Crippen molar-refractivity contribution in [2.24, 2.45) is 0 Å². The van der Waals surface area contributed by atoms with Crippen molar-refractivity contribution < 1.29 is 9.84 Å². The van der Waals surface area contributed by atoms with Crippen LogP contribution in [0.3, 0.4) is 0 Å². The molecular weight excluding hydrogens is 354 g/mol. The lowest BCUT2D eigenvalue weighted by Gasteiger charge is -2.13. The summed E-state index contributed by atoms with van der Waals surface area (Å²) in [6, 6.07) is 7.86. The molecule has 1 atom stereocenters. The fraction of sp³-hybridized carbons (Fsp3) is 0.429. The van der Waals surface area contributed by atoms with E-state index < -0.39 is 6.10 Å². The number of rotatable bonds is 7. The number of aromatic nitrogens is 3. The van der Waals surface area contributed by atoms with E-state index in [1.165, 1.54) is 11.8 Å². The maximum atomic E-state index is 9.99. The highest BCUT2D eigenvalue weighted by molar-refractivity contribution is 9.10. The minimum absolute atomic E-state index is 0.249. The summed E-state index contributed by atoms with van der Waals surface area (Å²) >= 11 is 4.86. The van der Waals surface area contributed by atoms with Crippen LogP contribution in [-0.4, -0.2) is 38.3 Å². The first-order valence-corrected chi connectivity index (χ1v) is 8.43. The normalized spacial score (nSPS) is 12.6. The largest absolute Gasteiger partial charge is 0.491 e. The molecule has 2 rings (SSSR count). The zero-order chi connectivity index (χ0) is 15.2. The number of aliphatic hydroxyl groups excluding tert-OH is 1. The van der Waals surface area contributed by atoms with Gasteiger partial charge in [-0.05, 0) is 32.0 Å². The van der Waals surface area contributed by atoms with Crippen molar-refractivity contribution in [1.82, 2.24) is 14.8 Å². The molecule has 1 aromatic carbocycles. The first-order valence-electron chi connectivity index (χ1n) is 6.65. The summed E-state index contributed by atoms with van der Waals surface area (Å²) in [5.41, 5.74) is 0. The Morgan fingerprint density at radius 2 is 2.24 bits per heavy atom. The Kier molecular flexibility index (Phi) is 6.08. The van der Waals surface area contributed by atoms with Crippen LogP contribution in [0.15, 0.2) is 40.2 Å². The molecule has 7 heteroatoms. The van der Waals surface area contributed by atoms with Gasteiger partial charge in [0.15, 0.2) is 5.16 Å². The van der Waals surface area contributed by atoms with Crippen molar-refractivity contribution >= 4 is 27.7 Å². The molecular formula is C14H18BrN3O2S. The quantitative estimate of drug-likeness (QED) is 0.757. The molecule has 21 heavy (non-hydrogen) atoms. The first kappa shape index (κ1) is 16.3. The van der Waals surface area contributed by atoms with Crippen molar-refractivity contribution in [1.29, 1.82) is 0 Å². The average Bonchev–Trinajstić information content (AvgIpc) is 2.91. The number of halogens is 1. The highest BCUT2D eigenvalue weighted by Gasteiger charge is 2.12. The Hall–Kier alpha value is -1.05. The van der Waals surface area contributed by atoms with Gasteiger partial charge in [0, 0.05) is 16.3 Å². The number of ether oxygens (including phenoxy) is 1. The second-order valence-corrected chi connectivity index (χ2v) is 6.75. The molecule has 0 spiro atoms. The summed E-state index contributed by atoms with van der Waals surface area (Å²) in [5, 5.41) is 18.8. The van der Waals surface area contributed by atoms with Gasteiger partial charge in [0.2, 0.25) is 0 Å². The van der Waals surface area contributed by atoms with E-state index in [1.807, 2.05) is 28.8 Å². The molecule has 114 valence electrons. The van der Waals surface area contributed by atoms with Gasteiger partial charge in [-0.2, -0.15) is 0 Å². The molecule has 1 aromatic heterocycles. The zero-order valence-electron chi connectivity index (χ0n) is 11.9. The van der Waals surface area contributed by atoms with Crippen molar-refractivity contribution in [2.45, 2.75) is 31.1 Å². The highest BCUT2D eigenvalue weighted by Crippen LogP contribution is 2.21. The summed E-state index contributed by atoms with van der Waals surface area (Å²) in [7, 11) is 0. The fourth-order valence-corrected chi connectivity index (χ4v) is 2.99. The summed E-state index contributed by atoms with van der Waals surface area (Å²) in [6.45, 7) is 4.39. The van der Waals surface area contributed by atoms with Gasteiger partial charge < -0.3 is 14.4 Å². The summed E-state index contributed by atoms with van der Waals surface area (Å²) in [5.74, 6) is 1.25. The van der Waals surface area contributed by atoms with Gasteiger partial charge in [-0.25, -0.2) is 0 Å². The first-order chi connectivity index (χ1) is 10.1. The molecule has 0 saturated heterocycles. The van der Waals surface area contributed by atoms with Crippen molar-refractivity contribution in [3.8, 4) is 5.75 Å². The van der Waals surface area contributed by atoms with Crippen LogP contribution >= 0.6 is 27.7 Å². The molecule has 2 aromatic rings. The lowest BCUT2D eigenvalue weighted by molar-refractivity contribution is 0.126. The Balaban J connectivity index is 1.79. The number of benzene rings is 1. The second-order valence-electron chi connectivity index (χ2n) is 4.85. The number of thioether (sulfide) groups is 1. The van der Waals surface area contributed by atoms with Gasteiger partial charge in [-0.3, -0.25) is 0 Å². The molecule has 0 bridgehead atoms. The number of nitrogens with zero attached hydrogens (tertiary/aromatic N) is 3. The van der Waals surface area contributed by atoms with E-state index in [0.29, 0.717) is 11.8 Å². The minimum atomic E-state index is -0.564. The number of aliphatic hydroxyl groups is 1. The van der Waals surface area contributed by atoms with E-state index in [1.54, 1.807) is 6.33 Å². The molecule has 0 amide bonds. The van der Waals surface area contributed by atoms with Gasteiger partial charge in [-0.1, -0.05) is 33.8 Å². The Bertz CT molecular complexity index is 577. The predicted octanol–water partition coefficient (Wildman–Crippen LogP) is 3.15. The smallest absolute Gasteiger partial charge is 0.191 e. The van der Waals surface area contributed by atoms with E-state index in [9.17, 15) is 5.11 Å². The van der Waals surface area contributed by atoms with Crippen LogP contribution in [-0.2, 0) is 0 Å². The molecule has 0 aliphatic carbocycles. The fourth-order valence-electron chi connectivity index (χ4n) is 1.66. The average molecular weight is 372 g/mol. The Morgan fingerprint density at radius 3 is 2.95 bits per heavy atom. The lowest BCUT2D eigenvalue weighted by Crippen LogP contribution is -2.20. The van der Waals surface area contributed by atoms with Crippen LogP contribution < -0.4 is 4.74 Å². The monoisotopic (exact) mass is 371 g/mol. The van der Waals surface area contributed by atoms with Gasteiger partial charge in [-0.15, -0.1) is 10.2 Å². The minimum Gasteiger partial charge on any atom is -0.491 e. The van der Waals surface area contributed by atoms with E-state index in [4.69, 9.17) is 4.74 Å². The molecule has 0 aliphatic rings. The molecule has 1 unspecified atom stereocenters. The highest BCUT2D eigenvalue weighted by atomic mass is 79.9. The number of hydrogen-bond acceptors (Lipinski definition) is 5. The second kappa shape index (κ2) is 7.82. The maximum absolute atomic E-state index is 9.99. The summed E-state index contributed by atoms with van der Waals surface area (Å²) < 4.78 is 8.49. The lowest BCUT2D eigenvalue weighted by atomic mass is 10.3. The van der Waals surface area contributed by atoms with E-state index in [2.05, 4.69) is 40.0 Å². The topological polar surface area (TPSA) is 60.2 Å². The maximum Gasteiger partial charge on any atom is 0.191 e. The van der Waals surface area contributed by atoms with Crippen molar-refractivity contribution in [2.75, 3.05) is 12.4 Å². The van der Waals surface area contributed by atoms with Crippen LogP contribution in [0, 0.1) is 0 Å². The molecule has 1 heterocycles. The van der Waals surface area contributed by atoms with Crippen LogP contribution in [0.4, 0.5) is 0 Å². The van der Waals surface area contributed by atoms with Gasteiger partial charge in [0.25, 0.3) is 0 Å². The standard InChI is InChI=1S/C14H18BrN3O2S/c1-10(2)18-9-16-17-14(18)21-8-12(19)7-20-13-5-3-4-11(15)6-13/h3-6,9-10,12,19H,7-8H2,1-2H3. The predicted molar refractivity (Wildman–Crippen MR) is 86.8 cm³/mol. The van der Waals surface area contributed by atoms with Crippen LogP contribution in [0.1, 0.15) is 19.9 Å². The van der Waals surface area contributed by atoms with Crippen molar-refractivity contribution in [3.63, 3.8) is 0 Å². The molecule has 0 radical (unpaired) electrons. The van der Waals surface area contributed by atoms with E-state index in [-0.39, 0.29) is 6.61 Å². The number of hydrogen-bond donors (Lipinski definition) is 1. The Labute approximate surface area is 136 Å². The van der Waals surface area contributed by atoms with E-state index in [0.717, 1.165) is 15.4 Å². The molecule has 0 aliphatic heterocycles. The molecule has 5 nitrogen and oxygen atoms in total. The van der Waals surface area contributed by atoms with Crippen molar-refractivity contribution in [3.05, 3.63) is 35.1 Å². The van der Waals surface area contributed by atoms with Gasteiger partial charge >= 0.3 is 0 Å². The zero-order valence-corrected chi connectivity index (χ0v) is 14.3. The van der Waals surface area contributed by atoms with Crippen LogP contribution in [0.2, 0.25) is 0 Å².